The molecule has 21 heavy (non-hydrogen) atoms. The van der Waals surface area contributed by atoms with E-state index < -0.39 is 0 Å². The van der Waals surface area contributed by atoms with E-state index >= 15 is 0 Å². The number of aromatic amines is 1. The molecule has 0 aliphatic carbocycles. The molecule has 1 unspecified atom stereocenters. The van der Waals surface area contributed by atoms with E-state index in [2.05, 4.69) is 50.5 Å². The van der Waals surface area contributed by atoms with E-state index in [9.17, 15) is 0 Å². The minimum Gasteiger partial charge on any atom is -0.348 e. The molecule has 4 nitrogen and oxygen atoms in total. The number of H-pyrrole nitrogens is 1. The Morgan fingerprint density at radius 1 is 1.29 bits per heavy atom. The maximum Gasteiger partial charge on any atom is 0.0921 e. The molecular weight excluding hydrogens is 260 g/mol. The van der Waals surface area contributed by atoms with Crippen molar-refractivity contribution in [3.63, 3.8) is 0 Å². The van der Waals surface area contributed by atoms with E-state index in [-0.39, 0.29) is 0 Å². The van der Waals surface area contributed by atoms with Crippen molar-refractivity contribution in [2.75, 3.05) is 19.6 Å². The number of rotatable bonds is 6. The average Bonchev–Trinajstić information content (AvgIpc) is 3.02. The van der Waals surface area contributed by atoms with Crippen molar-refractivity contribution >= 4 is 0 Å². The van der Waals surface area contributed by atoms with Gasteiger partial charge in [-0.2, -0.15) is 0 Å². The van der Waals surface area contributed by atoms with Crippen LogP contribution < -0.4 is 5.32 Å². The van der Waals surface area contributed by atoms with Gasteiger partial charge < -0.3 is 10.3 Å². The summed E-state index contributed by atoms with van der Waals surface area (Å²) in [6.45, 7) is 4.46. The molecule has 2 aromatic rings. The Morgan fingerprint density at radius 3 is 3.00 bits per heavy atom. The van der Waals surface area contributed by atoms with E-state index in [1.54, 1.807) is 6.33 Å². The molecule has 0 radical (unpaired) electrons. The third kappa shape index (κ3) is 4.41. The number of imidazole rings is 1. The maximum atomic E-state index is 4.05. The zero-order valence-electron chi connectivity index (χ0n) is 12.5. The van der Waals surface area contributed by atoms with Crippen molar-refractivity contribution in [3.8, 4) is 0 Å². The predicted molar refractivity (Wildman–Crippen MR) is 85.0 cm³/mol. The molecule has 1 aromatic heterocycles. The van der Waals surface area contributed by atoms with Gasteiger partial charge in [-0.3, -0.25) is 4.90 Å². The molecule has 1 fully saturated rings. The topological polar surface area (TPSA) is 44.0 Å². The van der Waals surface area contributed by atoms with Crippen LogP contribution in [0, 0.1) is 0 Å². The fourth-order valence-corrected chi connectivity index (χ4v) is 3.04. The fraction of sp³-hybridized carbons (Fsp3) is 0.471. The van der Waals surface area contributed by atoms with Gasteiger partial charge in [0.05, 0.1) is 6.33 Å². The largest absolute Gasteiger partial charge is 0.348 e. The average molecular weight is 284 g/mol. The van der Waals surface area contributed by atoms with Crippen LogP contribution in [0.1, 0.15) is 24.1 Å². The van der Waals surface area contributed by atoms with E-state index in [4.69, 9.17) is 0 Å². The number of likely N-dealkylation sites (tertiary alicyclic amines) is 1. The second kappa shape index (κ2) is 7.38. The first-order valence-electron chi connectivity index (χ1n) is 7.87. The highest BCUT2D eigenvalue weighted by Gasteiger charge is 2.19. The van der Waals surface area contributed by atoms with Gasteiger partial charge in [-0.25, -0.2) is 4.98 Å². The second-order valence-electron chi connectivity index (χ2n) is 5.84. The SMILES string of the molecule is c1ccc(CN2CCCC(NCCc3cnc[nH]3)C2)cc1. The van der Waals surface area contributed by atoms with Gasteiger partial charge in [0, 0.05) is 44.0 Å². The minimum absolute atomic E-state index is 0.616. The molecule has 1 aliphatic heterocycles. The van der Waals surface area contributed by atoms with Gasteiger partial charge >= 0.3 is 0 Å². The molecule has 1 saturated heterocycles. The van der Waals surface area contributed by atoms with Gasteiger partial charge in [-0.05, 0) is 24.9 Å². The van der Waals surface area contributed by atoms with Crippen molar-refractivity contribution in [2.24, 2.45) is 0 Å². The van der Waals surface area contributed by atoms with E-state index in [0.29, 0.717) is 6.04 Å². The lowest BCUT2D eigenvalue weighted by molar-refractivity contribution is 0.184. The molecule has 2 heterocycles. The van der Waals surface area contributed by atoms with E-state index in [1.807, 2.05) is 6.20 Å². The molecule has 112 valence electrons. The molecule has 2 N–H and O–H groups in total. The monoisotopic (exact) mass is 284 g/mol. The number of nitrogens with one attached hydrogen (secondary N) is 2. The van der Waals surface area contributed by atoms with Crippen molar-refractivity contribution < 1.29 is 0 Å². The summed E-state index contributed by atoms with van der Waals surface area (Å²) in [5.74, 6) is 0. The predicted octanol–water partition coefficient (Wildman–Crippen LogP) is 2.21. The quantitative estimate of drug-likeness (QED) is 0.855. The summed E-state index contributed by atoms with van der Waals surface area (Å²) in [5, 5.41) is 3.69. The van der Waals surface area contributed by atoms with Crippen molar-refractivity contribution in [2.45, 2.75) is 31.8 Å². The Bertz CT molecular complexity index is 509. The molecule has 0 amide bonds. The van der Waals surface area contributed by atoms with Gasteiger partial charge in [0.2, 0.25) is 0 Å². The second-order valence-corrected chi connectivity index (χ2v) is 5.84. The smallest absolute Gasteiger partial charge is 0.0921 e. The van der Waals surface area contributed by atoms with Crippen LogP contribution in [0.2, 0.25) is 0 Å². The lowest BCUT2D eigenvalue weighted by Gasteiger charge is -2.33. The molecule has 4 heteroatoms. The standard InChI is InChI=1S/C17H24N4/c1-2-5-15(6-3-1)12-21-10-4-7-17(13-21)19-9-8-16-11-18-14-20-16/h1-3,5-6,11,14,17,19H,4,7-10,12-13H2,(H,18,20). The van der Waals surface area contributed by atoms with Crippen molar-refractivity contribution in [1.29, 1.82) is 0 Å². The number of aromatic nitrogens is 2. The van der Waals surface area contributed by atoms with Gasteiger partial charge in [0.15, 0.2) is 0 Å². The Morgan fingerprint density at radius 2 is 2.19 bits per heavy atom. The van der Waals surface area contributed by atoms with Crippen molar-refractivity contribution in [3.05, 3.63) is 54.1 Å². The third-order valence-corrected chi connectivity index (χ3v) is 4.14. The molecule has 1 aromatic carbocycles. The molecule has 0 spiro atoms. The first-order chi connectivity index (χ1) is 10.4. The number of nitrogens with zero attached hydrogens (tertiary/aromatic N) is 2. The fourth-order valence-electron chi connectivity index (χ4n) is 3.04. The van der Waals surface area contributed by atoms with Gasteiger partial charge in [0.1, 0.15) is 0 Å². The number of benzene rings is 1. The third-order valence-electron chi connectivity index (χ3n) is 4.14. The summed E-state index contributed by atoms with van der Waals surface area (Å²) in [6, 6.07) is 11.4. The lowest BCUT2D eigenvalue weighted by atomic mass is 10.0. The lowest BCUT2D eigenvalue weighted by Crippen LogP contribution is -2.45. The normalized spacial score (nSPS) is 19.7. The van der Waals surface area contributed by atoms with E-state index in [0.717, 1.165) is 26.1 Å². The first kappa shape index (κ1) is 14.3. The molecule has 1 aliphatic rings. The zero-order valence-corrected chi connectivity index (χ0v) is 12.5. The number of hydrogen-bond donors (Lipinski definition) is 2. The van der Waals surface area contributed by atoms with Crippen LogP contribution in [0.3, 0.4) is 0 Å². The Balaban J connectivity index is 1.42. The Hall–Kier alpha value is -1.65. The summed E-state index contributed by atoms with van der Waals surface area (Å²) in [4.78, 5) is 9.77. The van der Waals surface area contributed by atoms with E-state index in [1.165, 1.54) is 30.6 Å². The maximum absolute atomic E-state index is 4.05. The highest BCUT2D eigenvalue weighted by molar-refractivity contribution is 5.14. The molecule has 0 saturated carbocycles. The van der Waals surface area contributed by atoms with Crippen LogP contribution in [0.5, 0.6) is 0 Å². The Labute approximate surface area is 126 Å². The highest BCUT2D eigenvalue weighted by atomic mass is 15.2. The van der Waals surface area contributed by atoms with Gasteiger partial charge in [-0.1, -0.05) is 30.3 Å². The van der Waals surface area contributed by atoms with Crippen LogP contribution in [-0.4, -0.2) is 40.5 Å². The molecule has 0 bridgehead atoms. The van der Waals surface area contributed by atoms with Crippen LogP contribution in [-0.2, 0) is 13.0 Å². The summed E-state index contributed by atoms with van der Waals surface area (Å²) in [5.41, 5.74) is 2.62. The minimum atomic E-state index is 0.616. The highest BCUT2D eigenvalue weighted by Crippen LogP contribution is 2.13. The van der Waals surface area contributed by atoms with Crippen LogP contribution in [0.15, 0.2) is 42.9 Å². The van der Waals surface area contributed by atoms with Crippen LogP contribution >= 0.6 is 0 Å². The zero-order chi connectivity index (χ0) is 14.3. The summed E-state index contributed by atoms with van der Waals surface area (Å²) >= 11 is 0. The molecule has 1 atom stereocenters. The molecule has 3 rings (SSSR count). The summed E-state index contributed by atoms with van der Waals surface area (Å²) in [7, 11) is 0. The van der Waals surface area contributed by atoms with Crippen LogP contribution in [0.25, 0.3) is 0 Å². The number of hydrogen-bond acceptors (Lipinski definition) is 3. The van der Waals surface area contributed by atoms with Gasteiger partial charge in [-0.15, -0.1) is 0 Å². The van der Waals surface area contributed by atoms with Crippen molar-refractivity contribution in [1.82, 2.24) is 20.2 Å². The molecular formula is C17H24N4. The Kier molecular flexibility index (Phi) is 5.03. The summed E-state index contributed by atoms with van der Waals surface area (Å²) in [6.07, 6.45) is 7.25. The number of piperidine rings is 1. The summed E-state index contributed by atoms with van der Waals surface area (Å²) < 4.78 is 0. The van der Waals surface area contributed by atoms with Gasteiger partial charge in [0.25, 0.3) is 0 Å². The van der Waals surface area contributed by atoms with Crippen LogP contribution in [0.4, 0.5) is 0 Å². The first-order valence-corrected chi connectivity index (χ1v) is 7.87.